The molecule has 1 aliphatic rings. The smallest absolute Gasteiger partial charge is 0.381 e. The average molecular weight is 289 g/mol. The summed E-state index contributed by atoms with van der Waals surface area (Å²) >= 11 is -0.0458. The number of nitrogens with one attached hydrogen (secondary N) is 1. The monoisotopic (exact) mass is 289 g/mol. The Hall–Kier alpha value is -0.840. The Bertz CT molecular complexity index is 419. The third kappa shape index (κ3) is 4.64. The first-order valence-corrected chi connectivity index (χ1v) is 7.37. The van der Waals surface area contributed by atoms with Crippen LogP contribution in [0.2, 0.25) is 0 Å². The van der Waals surface area contributed by atoms with E-state index >= 15 is 0 Å². The number of alkyl halides is 3. The second-order valence-corrected chi connectivity index (χ2v) is 6.26. The molecule has 0 bridgehead atoms. The molecular weight excluding hydrogens is 271 g/mol. The van der Waals surface area contributed by atoms with Gasteiger partial charge in [-0.1, -0.05) is 31.9 Å². The molecule has 1 aromatic carbocycles. The number of thioether (sulfide) groups is 1. The molecule has 0 radical (unpaired) electrons. The van der Waals surface area contributed by atoms with Gasteiger partial charge in [0.15, 0.2) is 0 Å². The third-order valence-electron chi connectivity index (χ3n) is 3.41. The number of rotatable bonds is 3. The van der Waals surface area contributed by atoms with Crippen molar-refractivity contribution in [1.82, 2.24) is 0 Å². The van der Waals surface area contributed by atoms with Crippen LogP contribution in [0.4, 0.5) is 18.9 Å². The van der Waals surface area contributed by atoms with Crippen molar-refractivity contribution in [3.63, 3.8) is 0 Å². The molecule has 0 aromatic heterocycles. The Kier molecular flexibility index (Phi) is 4.66. The zero-order valence-electron chi connectivity index (χ0n) is 10.8. The minimum atomic E-state index is -4.24. The van der Waals surface area contributed by atoms with E-state index in [-0.39, 0.29) is 16.7 Å². The highest BCUT2D eigenvalue weighted by Gasteiger charge is 2.30. The lowest BCUT2D eigenvalue weighted by Crippen LogP contribution is -2.26. The van der Waals surface area contributed by atoms with Gasteiger partial charge in [-0.2, -0.15) is 13.2 Å². The number of hydrogen-bond acceptors (Lipinski definition) is 2. The van der Waals surface area contributed by atoms with E-state index in [2.05, 4.69) is 12.2 Å². The van der Waals surface area contributed by atoms with Crippen LogP contribution in [0.5, 0.6) is 0 Å². The quantitative estimate of drug-likeness (QED) is 0.759. The van der Waals surface area contributed by atoms with Crippen molar-refractivity contribution in [2.45, 2.75) is 49.1 Å². The number of benzene rings is 1. The number of para-hydroxylation sites is 1. The summed E-state index contributed by atoms with van der Waals surface area (Å²) in [5, 5.41) is 3.28. The molecule has 1 aromatic rings. The maximum Gasteiger partial charge on any atom is 0.446 e. The number of halogens is 3. The molecule has 0 saturated heterocycles. The van der Waals surface area contributed by atoms with Crippen LogP contribution < -0.4 is 5.32 Å². The van der Waals surface area contributed by atoms with Gasteiger partial charge in [-0.05, 0) is 42.7 Å². The topological polar surface area (TPSA) is 12.0 Å². The van der Waals surface area contributed by atoms with E-state index in [0.717, 1.165) is 19.3 Å². The minimum Gasteiger partial charge on any atom is -0.381 e. The summed E-state index contributed by atoms with van der Waals surface area (Å²) in [5.74, 6) is 0.647. The van der Waals surface area contributed by atoms with E-state index in [1.54, 1.807) is 18.2 Å². The van der Waals surface area contributed by atoms with Gasteiger partial charge in [0.2, 0.25) is 0 Å². The van der Waals surface area contributed by atoms with E-state index in [9.17, 15) is 13.2 Å². The maximum absolute atomic E-state index is 12.5. The fourth-order valence-electron chi connectivity index (χ4n) is 2.58. The lowest BCUT2D eigenvalue weighted by atomic mass is 9.87. The summed E-state index contributed by atoms with van der Waals surface area (Å²) in [7, 11) is 0. The van der Waals surface area contributed by atoms with E-state index in [1.807, 2.05) is 0 Å². The fourth-order valence-corrected chi connectivity index (χ4v) is 3.22. The van der Waals surface area contributed by atoms with Gasteiger partial charge in [0.25, 0.3) is 0 Å². The van der Waals surface area contributed by atoms with Crippen LogP contribution in [0, 0.1) is 5.92 Å². The zero-order chi connectivity index (χ0) is 13.9. The molecule has 5 heteroatoms. The van der Waals surface area contributed by atoms with Crippen molar-refractivity contribution >= 4 is 17.4 Å². The summed E-state index contributed by atoms with van der Waals surface area (Å²) in [6.07, 6.45) is 4.44. The Morgan fingerprint density at radius 1 is 1.21 bits per heavy atom. The van der Waals surface area contributed by atoms with E-state index in [0.29, 0.717) is 17.6 Å². The normalized spacial score (nSPS) is 24.2. The molecule has 106 valence electrons. The standard InChI is InChI=1S/C14H18F3NS/c1-10-5-4-6-11(9-10)18-12-7-2-3-8-13(12)19-14(15,16)17/h2-3,7-8,10-11,18H,4-6,9H2,1H3. The Balaban J connectivity index is 2.07. The predicted octanol–water partition coefficient (Wildman–Crippen LogP) is 5.29. The van der Waals surface area contributed by atoms with Gasteiger partial charge in [0.1, 0.15) is 0 Å². The molecule has 1 saturated carbocycles. The van der Waals surface area contributed by atoms with Crippen LogP contribution in [-0.4, -0.2) is 11.6 Å². The third-order valence-corrected chi connectivity index (χ3v) is 4.22. The lowest BCUT2D eigenvalue weighted by molar-refractivity contribution is -0.0327. The van der Waals surface area contributed by atoms with Gasteiger partial charge >= 0.3 is 5.51 Å². The molecule has 1 fully saturated rings. The van der Waals surface area contributed by atoms with Gasteiger partial charge in [-0.3, -0.25) is 0 Å². The first kappa shape index (κ1) is 14.6. The van der Waals surface area contributed by atoms with Crippen LogP contribution >= 0.6 is 11.8 Å². The largest absolute Gasteiger partial charge is 0.446 e. The van der Waals surface area contributed by atoms with Gasteiger partial charge < -0.3 is 5.32 Å². The molecule has 0 spiro atoms. The highest BCUT2D eigenvalue weighted by atomic mass is 32.2. The minimum absolute atomic E-state index is 0.0458. The Labute approximate surface area is 116 Å². The highest BCUT2D eigenvalue weighted by Crippen LogP contribution is 2.41. The van der Waals surface area contributed by atoms with Crippen LogP contribution in [0.3, 0.4) is 0 Å². The molecule has 0 aliphatic heterocycles. The van der Waals surface area contributed by atoms with Crippen molar-refractivity contribution in [2.75, 3.05) is 5.32 Å². The second kappa shape index (κ2) is 6.07. The van der Waals surface area contributed by atoms with Crippen LogP contribution in [0.1, 0.15) is 32.6 Å². The summed E-state index contributed by atoms with van der Waals surface area (Å²) in [6, 6.07) is 6.96. The highest BCUT2D eigenvalue weighted by molar-refractivity contribution is 8.00. The van der Waals surface area contributed by atoms with Crippen molar-refractivity contribution in [2.24, 2.45) is 5.92 Å². The molecule has 1 N–H and O–H groups in total. The van der Waals surface area contributed by atoms with Crippen molar-refractivity contribution in [3.8, 4) is 0 Å². The van der Waals surface area contributed by atoms with Gasteiger partial charge in [0.05, 0.1) is 0 Å². The molecule has 2 unspecified atom stereocenters. The van der Waals surface area contributed by atoms with Crippen LogP contribution in [0.15, 0.2) is 29.2 Å². The van der Waals surface area contributed by atoms with Crippen molar-refractivity contribution in [1.29, 1.82) is 0 Å². The summed E-state index contributed by atoms with van der Waals surface area (Å²) < 4.78 is 37.5. The molecule has 19 heavy (non-hydrogen) atoms. The van der Waals surface area contributed by atoms with Gasteiger partial charge in [-0.25, -0.2) is 0 Å². The zero-order valence-corrected chi connectivity index (χ0v) is 11.7. The second-order valence-electron chi connectivity index (χ2n) is 5.16. The molecule has 1 aliphatic carbocycles. The average Bonchev–Trinajstić information content (AvgIpc) is 2.30. The molecule has 2 rings (SSSR count). The van der Waals surface area contributed by atoms with Gasteiger partial charge in [0, 0.05) is 16.6 Å². The predicted molar refractivity (Wildman–Crippen MR) is 73.4 cm³/mol. The first-order valence-electron chi connectivity index (χ1n) is 6.55. The lowest BCUT2D eigenvalue weighted by Gasteiger charge is -2.29. The Morgan fingerprint density at radius 2 is 1.95 bits per heavy atom. The number of hydrogen-bond donors (Lipinski definition) is 1. The summed E-state index contributed by atoms with van der Waals surface area (Å²) in [4.78, 5) is 0.258. The molecular formula is C14H18F3NS. The van der Waals surface area contributed by atoms with Crippen molar-refractivity contribution < 1.29 is 13.2 Å². The van der Waals surface area contributed by atoms with E-state index < -0.39 is 5.51 Å². The molecule has 0 heterocycles. The van der Waals surface area contributed by atoms with Crippen LogP contribution in [0.25, 0.3) is 0 Å². The van der Waals surface area contributed by atoms with E-state index in [1.165, 1.54) is 12.5 Å². The molecule has 0 amide bonds. The van der Waals surface area contributed by atoms with Crippen LogP contribution in [-0.2, 0) is 0 Å². The number of anilines is 1. The fraction of sp³-hybridized carbons (Fsp3) is 0.571. The summed E-state index contributed by atoms with van der Waals surface area (Å²) in [6.45, 7) is 2.20. The maximum atomic E-state index is 12.5. The molecule has 2 atom stereocenters. The van der Waals surface area contributed by atoms with Crippen molar-refractivity contribution in [3.05, 3.63) is 24.3 Å². The van der Waals surface area contributed by atoms with E-state index in [4.69, 9.17) is 0 Å². The van der Waals surface area contributed by atoms with Gasteiger partial charge in [-0.15, -0.1) is 0 Å². The molecule has 1 nitrogen and oxygen atoms in total. The SMILES string of the molecule is CC1CCCC(Nc2ccccc2SC(F)(F)F)C1. The summed E-state index contributed by atoms with van der Waals surface area (Å²) in [5.41, 5.74) is -3.64. The Morgan fingerprint density at radius 3 is 2.63 bits per heavy atom. The first-order chi connectivity index (χ1) is 8.94.